The fourth-order valence-corrected chi connectivity index (χ4v) is 12.2. The van der Waals surface area contributed by atoms with Gasteiger partial charge >= 0.3 is 0 Å². The number of nitrogens with zero attached hydrogens (tertiary/aromatic N) is 1. The molecule has 0 aliphatic carbocycles. The summed E-state index contributed by atoms with van der Waals surface area (Å²) < 4.78 is 25.9. The van der Waals surface area contributed by atoms with E-state index in [2.05, 4.69) is 243 Å². The van der Waals surface area contributed by atoms with Crippen LogP contribution in [0.2, 0.25) is 0 Å². The Morgan fingerprint density at radius 3 is 0.767 bits per heavy atom. The molecule has 0 aliphatic heterocycles. The maximum atomic E-state index is 6.47. The zero-order valence-electron chi connectivity index (χ0n) is 55.6. The second-order valence-corrected chi connectivity index (χ2v) is 25.2. The zero-order valence-corrected chi connectivity index (χ0v) is 55.6. The molecule has 0 saturated carbocycles. The van der Waals surface area contributed by atoms with Crippen LogP contribution in [0.25, 0.3) is 89.1 Å². The first-order valence-corrected chi connectivity index (χ1v) is 34.6. The Hall–Kier alpha value is -7.89. The Morgan fingerprint density at radius 1 is 0.256 bits per heavy atom. The van der Waals surface area contributed by atoms with Gasteiger partial charge in [0.15, 0.2) is 0 Å². The molecule has 8 aromatic carbocycles. The van der Waals surface area contributed by atoms with Crippen LogP contribution in [0.5, 0.6) is 23.0 Å². The van der Waals surface area contributed by atoms with Crippen LogP contribution in [0.4, 0.5) is 0 Å². The largest absolute Gasteiger partial charge is 0.493 e. The number of ether oxygens (including phenoxy) is 4. The van der Waals surface area contributed by atoms with Crippen molar-refractivity contribution in [2.75, 3.05) is 26.4 Å². The quantitative estimate of drug-likeness (QED) is 0.0392. The number of hydrogen-bond acceptors (Lipinski definition) is 5. The number of benzene rings is 8. The number of unbranched alkanes of at least 4 members (excludes halogenated alkanes) is 4. The molecule has 0 aliphatic rings. The molecule has 1 aromatic heterocycles. The summed E-state index contributed by atoms with van der Waals surface area (Å²) in [7, 11) is 0. The molecule has 0 radical (unpaired) electrons. The lowest BCUT2D eigenvalue weighted by Gasteiger charge is -2.18. The first-order chi connectivity index (χ1) is 44.2. The number of aromatic nitrogens is 1. The van der Waals surface area contributed by atoms with Crippen LogP contribution in [0.3, 0.4) is 0 Å². The van der Waals surface area contributed by atoms with E-state index in [-0.39, 0.29) is 0 Å². The lowest BCUT2D eigenvalue weighted by atomic mass is 9.88. The molecule has 5 nitrogen and oxygen atoms in total. The van der Waals surface area contributed by atoms with Gasteiger partial charge in [-0.1, -0.05) is 205 Å². The van der Waals surface area contributed by atoms with Crippen LogP contribution >= 0.6 is 0 Å². The van der Waals surface area contributed by atoms with Crippen molar-refractivity contribution < 1.29 is 18.9 Å². The van der Waals surface area contributed by atoms with Crippen LogP contribution in [-0.4, -0.2) is 31.4 Å². The van der Waals surface area contributed by atoms with Crippen molar-refractivity contribution in [3.63, 3.8) is 0 Å². The summed E-state index contributed by atoms with van der Waals surface area (Å²) in [5.41, 5.74) is 17.8. The molecule has 90 heavy (non-hydrogen) atoms. The number of pyridine rings is 1. The SMILES string of the molecule is CCCCC(CC)COc1ccc(-c2cc(-c3ccc(OCC(CC)CCCC)cc3)cc(-c3cc(-c4cc(-c5ccc(OCC(CC)CCCC)cc5)cc(-c5ccc(OCC(CC)CCCC)cc5)c4)cc(-c4cccc(-c5ccccn5)c4)c3)c2)cc1. The second-order valence-electron chi connectivity index (χ2n) is 25.2. The van der Waals surface area contributed by atoms with Crippen molar-refractivity contribution in [3.8, 4) is 112 Å². The zero-order chi connectivity index (χ0) is 62.9. The molecule has 470 valence electrons. The van der Waals surface area contributed by atoms with Crippen LogP contribution in [0.15, 0.2) is 200 Å². The Labute approximate surface area is 541 Å². The Bertz CT molecular complexity index is 3200. The molecule has 1 heterocycles. The Balaban J connectivity index is 1.17. The molecular formula is C85H101NO4. The smallest absolute Gasteiger partial charge is 0.119 e. The minimum absolute atomic E-state index is 0.553. The third kappa shape index (κ3) is 19.1. The molecule has 0 amide bonds. The molecule has 0 N–H and O–H groups in total. The molecule has 9 aromatic rings. The highest BCUT2D eigenvalue weighted by Gasteiger charge is 2.18. The Morgan fingerprint density at radius 2 is 0.511 bits per heavy atom. The molecular weight excluding hydrogens is 1100 g/mol. The fourth-order valence-electron chi connectivity index (χ4n) is 12.2. The van der Waals surface area contributed by atoms with Gasteiger partial charge < -0.3 is 18.9 Å². The van der Waals surface area contributed by atoms with E-state index < -0.39 is 0 Å². The van der Waals surface area contributed by atoms with Crippen LogP contribution in [0, 0.1) is 23.7 Å². The highest BCUT2D eigenvalue weighted by Crippen LogP contribution is 2.41. The average Bonchev–Trinajstić information content (AvgIpc) is 1.21. The minimum atomic E-state index is 0.553. The summed E-state index contributed by atoms with van der Waals surface area (Å²) in [6, 6.07) is 71.3. The highest BCUT2D eigenvalue weighted by atomic mass is 16.5. The van der Waals surface area contributed by atoms with Crippen LogP contribution < -0.4 is 18.9 Å². The molecule has 4 unspecified atom stereocenters. The molecule has 5 heteroatoms. The summed E-state index contributed by atoms with van der Waals surface area (Å²) in [5, 5.41) is 0. The fraction of sp³-hybridized carbons (Fsp3) is 0.376. The third-order valence-corrected chi connectivity index (χ3v) is 18.5. The van der Waals surface area contributed by atoms with Crippen molar-refractivity contribution in [2.45, 2.75) is 158 Å². The van der Waals surface area contributed by atoms with Crippen molar-refractivity contribution in [3.05, 3.63) is 200 Å². The van der Waals surface area contributed by atoms with Gasteiger partial charge in [0.1, 0.15) is 23.0 Å². The van der Waals surface area contributed by atoms with Gasteiger partial charge in [-0.3, -0.25) is 4.98 Å². The van der Waals surface area contributed by atoms with Gasteiger partial charge in [-0.2, -0.15) is 0 Å². The standard InChI is InChI=1S/C85H101NO4/c1-9-17-24-62(13-5)58-87-81-39-31-66(32-40-81)72-49-73(67-33-41-82(42-34-67)88-59-63(14-6)25-18-10-2)52-77(51-72)79-55-76(70-28-23-29-71(48-70)85-30-21-22-47-86-85)56-80(57-79)78-53-74(68-35-43-83(44-36-68)89-60-64(15-7)26-19-11-3)50-75(54-78)69-37-45-84(46-38-69)90-61-65(16-8)27-20-12-4/h21-23,28-57,62-65H,9-20,24-27,58-61H2,1-8H3. The van der Waals surface area contributed by atoms with Gasteiger partial charge in [-0.15, -0.1) is 0 Å². The van der Waals surface area contributed by atoms with Crippen molar-refractivity contribution in [1.82, 2.24) is 4.98 Å². The summed E-state index contributed by atoms with van der Waals surface area (Å²) in [4.78, 5) is 4.79. The minimum Gasteiger partial charge on any atom is -0.493 e. The first kappa shape index (κ1) is 66.5. The lowest BCUT2D eigenvalue weighted by molar-refractivity contribution is 0.233. The second kappa shape index (κ2) is 34.9. The van der Waals surface area contributed by atoms with Crippen LogP contribution in [-0.2, 0) is 0 Å². The van der Waals surface area contributed by atoms with E-state index in [1.165, 1.54) is 77.0 Å². The van der Waals surface area contributed by atoms with E-state index in [4.69, 9.17) is 23.9 Å². The van der Waals surface area contributed by atoms with Gasteiger partial charge in [-0.05, 0) is 249 Å². The van der Waals surface area contributed by atoms with E-state index in [0.717, 1.165) is 164 Å². The van der Waals surface area contributed by atoms with Gasteiger partial charge in [0.05, 0.1) is 32.1 Å². The number of rotatable bonds is 36. The predicted molar refractivity (Wildman–Crippen MR) is 383 cm³/mol. The van der Waals surface area contributed by atoms with Crippen LogP contribution in [0.1, 0.15) is 158 Å². The van der Waals surface area contributed by atoms with Gasteiger partial charge in [0, 0.05) is 11.8 Å². The first-order valence-electron chi connectivity index (χ1n) is 34.6. The molecule has 0 bridgehead atoms. The van der Waals surface area contributed by atoms with E-state index in [1.54, 1.807) is 0 Å². The summed E-state index contributed by atoms with van der Waals surface area (Å²) in [6.07, 6.45) is 20.9. The van der Waals surface area contributed by atoms with Gasteiger partial charge in [-0.25, -0.2) is 0 Å². The molecule has 0 fully saturated rings. The molecule has 4 atom stereocenters. The van der Waals surface area contributed by atoms with Gasteiger partial charge in [0.2, 0.25) is 0 Å². The van der Waals surface area contributed by atoms with Crippen molar-refractivity contribution in [1.29, 1.82) is 0 Å². The summed E-state index contributed by atoms with van der Waals surface area (Å²) in [6.45, 7) is 21.1. The summed E-state index contributed by atoms with van der Waals surface area (Å²) >= 11 is 0. The molecule has 9 rings (SSSR count). The van der Waals surface area contributed by atoms with E-state index in [0.29, 0.717) is 23.7 Å². The third-order valence-electron chi connectivity index (χ3n) is 18.5. The Kier molecular flexibility index (Phi) is 25.8. The topological polar surface area (TPSA) is 49.8 Å². The number of hydrogen-bond donors (Lipinski definition) is 0. The van der Waals surface area contributed by atoms with Gasteiger partial charge in [0.25, 0.3) is 0 Å². The average molecular weight is 1200 g/mol. The normalized spacial score (nSPS) is 12.7. The van der Waals surface area contributed by atoms with Crippen molar-refractivity contribution >= 4 is 0 Å². The molecule has 0 spiro atoms. The van der Waals surface area contributed by atoms with Crippen molar-refractivity contribution in [2.24, 2.45) is 23.7 Å². The van der Waals surface area contributed by atoms with E-state index >= 15 is 0 Å². The van der Waals surface area contributed by atoms with E-state index in [1.807, 2.05) is 12.3 Å². The highest BCUT2D eigenvalue weighted by molar-refractivity contribution is 5.89. The summed E-state index contributed by atoms with van der Waals surface area (Å²) in [5.74, 6) is 5.85. The molecule has 0 saturated heterocycles. The lowest BCUT2D eigenvalue weighted by Crippen LogP contribution is -2.11. The maximum absolute atomic E-state index is 6.47. The predicted octanol–water partition coefficient (Wildman–Crippen LogP) is 24.8. The monoisotopic (exact) mass is 1200 g/mol. The maximum Gasteiger partial charge on any atom is 0.119 e. The van der Waals surface area contributed by atoms with E-state index in [9.17, 15) is 0 Å².